The van der Waals surface area contributed by atoms with Gasteiger partial charge in [-0.3, -0.25) is 0 Å². The third-order valence-electron chi connectivity index (χ3n) is 3.92. The highest BCUT2D eigenvalue weighted by Crippen LogP contribution is 2.33. The van der Waals surface area contributed by atoms with Crippen LogP contribution in [0.4, 0.5) is 0 Å². The van der Waals surface area contributed by atoms with Gasteiger partial charge in [0.2, 0.25) is 0 Å². The fourth-order valence-corrected chi connectivity index (χ4v) is 2.76. The van der Waals surface area contributed by atoms with Gasteiger partial charge in [0.1, 0.15) is 5.75 Å². The van der Waals surface area contributed by atoms with Gasteiger partial charge in [0.05, 0.1) is 13.7 Å². The molecular formula is C18H22O2. The highest BCUT2D eigenvalue weighted by molar-refractivity contribution is 5.39. The number of aliphatic hydroxyl groups excluding tert-OH is 1. The van der Waals surface area contributed by atoms with Crippen molar-refractivity contribution in [1.82, 2.24) is 0 Å². The summed E-state index contributed by atoms with van der Waals surface area (Å²) < 4.78 is 5.42. The van der Waals surface area contributed by atoms with Gasteiger partial charge in [-0.25, -0.2) is 0 Å². The van der Waals surface area contributed by atoms with E-state index in [4.69, 9.17) is 4.74 Å². The maximum atomic E-state index is 9.95. The van der Waals surface area contributed by atoms with Crippen molar-refractivity contribution in [2.75, 3.05) is 13.7 Å². The second-order valence-electron chi connectivity index (χ2n) is 5.52. The van der Waals surface area contributed by atoms with Crippen molar-refractivity contribution in [3.05, 3.63) is 65.2 Å². The summed E-state index contributed by atoms with van der Waals surface area (Å²) in [5.74, 6) is 0.876. The normalized spacial score (nSPS) is 13.8. The summed E-state index contributed by atoms with van der Waals surface area (Å²) in [5, 5.41) is 9.95. The van der Waals surface area contributed by atoms with Gasteiger partial charge in [0, 0.05) is 5.41 Å². The molecular weight excluding hydrogens is 248 g/mol. The molecule has 2 heteroatoms. The van der Waals surface area contributed by atoms with Crippen LogP contribution in [-0.2, 0) is 11.8 Å². The molecule has 2 rings (SSSR count). The highest BCUT2D eigenvalue weighted by Gasteiger charge is 2.28. The number of aliphatic hydroxyl groups is 1. The van der Waals surface area contributed by atoms with E-state index in [2.05, 4.69) is 32.0 Å². The zero-order valence-corrected chi connectivity index (χ0v) is 12.4. The minimum absolute atomic E-state index is 0.107. The van der Waals surface area contributed by atoms with E-state index < -0.39 is 0 Å². The van der Waals surface area contributed by atoms with Crippen LogP contribution >= 0.6 is 0 Å². The lowest BCUT2D eigenvalue weighted by atomic mass is 9.76. The number of rotatable bonds is 5. The predicted octanol–water partition coefficient (Wildman–Crippen LogP) is 3.50. The van der Waals surface area contributed by atoms with E-state index in [0.717, 1.165) is 17.7 Å². The van der Waals surface area contributed by atoms with Crippen molar-refractivity contribution < 1.29 is 9.84 Å². The molecule has 0 saturated heterocycles. The molecule has 0 radical (unpaired) electrons. The monoisotopic (exact) mass is 270 g/mol. The van der Waals surface area contributed by atoms with Crippen LogP contribution in [0.1, 0.15) is 23.6 Å². The Morgan fingerprint density at radius 1 is 1.05 bits per heavy atom. The van der Waals surface area contributed by atoms with E-state index in [0.29, 0.717) is 0 Å². The third-order valence-corrected chi connectivity index (χ3v) is 3.92. The highest BCUT2D eigenvalue weighted by atomic mass is 16.5. The van der Waals surface area contributed by atoms with Crippen LogP contribution in [0.15, 0.2) is 48.5 Å². The Morgan fingerprint density at radius 2 is 1.70 bits per heavy atom. The Bertz CT molecular complexity index is 577. The van der Waals surface area contributed by atoms with E-state index in [-0.39, 0.29) is 12.0 Å². The Kier molecular flexibility index (Phi) is 4.46. The molecule has 0 amide bonds. The van der Waals surface area contributed by atoms with Crippen molar-refractivity contribution in [3.63, 3.8) is 0 Å². The molecule has 0 heterocycles. The number of para-hydroxylation sites is 1. The second kappa shape index (κ2) is 6.10. The lowest BCUT2D eigenvalue weighted by molar-refractivity contribution is 0.203. The molecule has 0 bridgehead atoms. The summed E-state index contributed by atoms with van der Waals surface area (Å²) in [6, 6.07) is 16.2. The first-order chi connectivity index (χ1) is 9.60. The number of hydrogen-bond acceptors (Lipinski definition) is 2. The van der Waals surface area contributed by atoms with Gasteiger partial charge >= 0.3 is 0 Å². The predicted molar refractivity (Wildman–Crippen MR) is 82.3 cm³/mol. The minimum atomic E-state index is -0.306. The maximum absolute atomic E-state index is 9.95. The quantitative estimate of drug-likeness (QED) is 0.901. The summed E-state index contributed by atoms with van der Waals surface area (Å²) in [6.07, 6.45) is 0.748. The molecule has 0 aliphatic carbocycles. The molecule has 0 aromatic heterocycles. The fourth-order valence-electron chi connectivity index (χ4n) is 2.76. The molecule has 2 aromatic rings. The van der Waals surface area contributed by atoms with E-state index in [1.165, 1.54) is 11.1 Å². The van der Waals surface area contributed by atoms with Gasteiger partial charge in [-0.05, 0) is 36.1 Å². The molecule has 1 N–H and O–H groups in total. The van der Waals surface area contributed by atoms with E-state index >= 15 is 0 Å². The average molecular weight is 270 g/mol. The minimum Gasteiger partial charge on any atom is -0.496 e. The summed E-state index contributed by atoms with van der Waals surface area (Å²) in [5.41, 5.74) is 3.21. The summed E-state index contributed by atoms with van der Waals surface area (Å²) in [7, 11) is 1.68. The Hall–Kier alpha value is -1.80. The van der Waals surface area contributed by atoms with Crippen LogP contribution in [0.3, 0.4) is 0 Å². The SMILES string of the molecule is COc1ccccc1CC(C)(CO)c1ccccc1C. The first kappa shape index (κ1) is 14.6. The largest absolute Gasteiger partial charge is 0.496 e. The van der Waals surface area contributed by atoms with Gasteiger partial charge in [0.25, 0.3) is 0 Å². The van der Waals surface area contributed by atoms with Crippen LogP contribution in [0.2, 0.25) is 0 Å². The van der Waals surface area contributed by atoms with Crippen LogP contribution in [-0.4, -0.2) is 18.8 Å². The molecule has 0 aliphatic rings. The Morgan fingerprint density at radius 3 is 2.35 bits per heavy atom. The number of benzene rings is 2. The van der Waals surface area contributed by atoms with Gasteiger partial charge in [0.15, 0.2) is 0 Å². The zero-order chi connectivity index (χ0) is 14.6. The molecule has 2 aromatic carbocycles. The molecule has 1 unspecified atom stereocenters. The summed E-state index contributed by atoms with van der Waals surface area (Å²) >= 11 is 0. The van der Waals surface area contributed by atoms with Crippen molar-refractivity contribution in [3.8, 4) is 5.75 Å². The standard InChI is InChI=1S/C18H22O2/c1-14-8-4-6-10-16(14)18(2,13-19)12-15-9-5-7-11-17(15)20-3/h4-11,19H,12-13H2,1-3H3. The molecule has 20 heavy (non-hydrogen) atoms. The first-order valence-electron chi connectivity index (χ1n) is 6.89. The molecule has 2 nitrogen and oxygen atoms in total. The number of aryl methyl sites for hydroxylation is 1. The van der Waals surface area contributed by atoms with Gasteiger partial charge in [-0.15, -0.1) is 0 Å². The van der Waals surface area contributed by atoms with Gasteiger partial charge in [-0.2, -0.15) is 0 Å². The van der Waals surface area contributed by atoms with Crippen molar-refractivity contribution >= 4 is 0 Å². The van der Waals surface area contributed by atoms with Crippen molar-refractivity contribution in [2.24, 2.45) is 0 Å². The molecule has 1 atom stereocenters. The van der Waals surface area contributed by atoms with Gasteiger partial charge in [-0.1, -0.05) is 49.4 Å². The molecule has 0 aliphatic heterocycles. The van der Waals surface area contributed by atoms with Crippen LogP contribution in [0, 0.1) is 6.92 Å². The third kappa shape index (κ3) is 2.86. The van der Waals surface area contributed by atoms with Crippen LogP contribution in [0.5, 0.6) is 5.75 Å². The van der Waals surface area contributed by atoms with E-state index in [1.54, 1.807) is 7.11 Å². The lowest BCUT2D eigenvalue weighted by Crippen LogP contribution is -2.30. The van der Waals surface area contributed by atoms with E-state index in [1.807, 2.05) is 30.3 Å². The number of ether oxygens (including phenoxy) is 1. The first-order valence-corrected chi connectivity index (χ1v) is 6.89. The van der Waals surface area contributed by atoms with Gasteiger partial charge < -0.3 is 9.84 Å². The maximum Gasteiger partial charge on any atom is 0.122 e. The lowest BCUT2D eigenvalue weighted by Gasteiger charge is -2.30. The Balaban J connectivity index is 2.40. The van der Waals surface area contributed by atoms with Crippen molar-refractivity contribution in [2.45, 2.75) is 25.7 Å². The molecule has 0 fully saturated rings. The van der Waals surface area contributed by atoms with E-state index in [9.17, 15) is 5.11 Å². The fraction of sp³-hybridized carbons (Fsp3) is 0.333. The number of methoxy groups -OCH3 is 1. The van der Waals surface area contributed by atoms with Crippen LogP contribution in [0.25, 0.3) is 0 Å². The molecule has 0 saturated carbocycles. The average Bonchev–Trinajstić information content (AvgIpc) is 2.48. The molecule has 106 valence electrons. The Labute approximate surface area is 121 Å². The van der Waals surface area contributed by atoms with Crippen LogP contribution < -0.4 is 4.74 Å². The van der Waals surface area contributed by atoms with Crippen molar-refractivity contribution in [1.29, 1.82) is 0 Å². The number of hydrogen-bond donors (Lipinski definition) is 1. The molecule has 0 spiro atoms. The topological polar surface area (TPSA) is 29.5 Å². The zero-order valence-electron chi connectivity index (χ0n) is 12.4. The summed E-state index contributed by atoms with van der Waals surface area (Å²) in [4.78, 5) is 0. The smallest absolute Gasteiger partial charge is 0.122 e. The summed E-state index contributed by atoms with van der Waals surface area (Å²) in [6.45, 7) is 4.29. The second-order valence-corrected chi connectivity index (χ2v) is 5.52.